The lowest BCUT2D eigenvalue weighted by molar-refractivity contribution is -0.150. The van der Waals surface area contributed by atoms with Crippen LogP contribution >= 0.6 is 0 Å². The van der Waals surface area contributed by atoms with E-state index in [4.69, 9.17) is 0 Å². The molecule has 1 aromatic rings. The van der Waals surface area contributed by atoms with E-state index in [1.54, 1.807) is 24.3 Å². The normalized spacial score (nSPS) is 19.7. The van der Waals surface area contributed by atoms with E-state index in [-0.39, 0.29) is 18.2 Å². The number of nitrogens with one attached hydrogen (secondary N) is 1. The molecular weight excluding hydrogens is 344 g/mol. The third-order valence-electron chi connectivity index (χ3n) is 6.00. The van der Waals surface area contributed by atoms with E-state index in [0.717, 1.165) is 38.8 Å². The molecular formula is C21H28N2O4. The molecule has 6 heteroatoms. The molecule has 0 aromatic heterocycles. The summed E-state index contributed by atoms with van der Waals surface area (Å²) in [5, 5.41) is 12.3. The quantitative estimate of drug-likeness (QED) is 0.828. The van der Waals surface area contributed by atoms with Crippen LogP contribution in [0, 0.1) is 11.3 Å². The average molecular weight is 372 g/mol. The van der Waals surface area contributed by atoms with E-state index < -0.39 is 11.4 Å². The van der Waals surface area contributed by atoms with Gasteiger partial charge < -0.3 is 15.3 Å². The summed E-state index contributed by atoms with van der Waals surface area (Å²) in [5.41, 5.74) is 0.272. The van der Waals surface area contributed by atoms with Crippen LogP contribution in [-0.4, -0.2) is 40.9 Å². The zero-order valence-electron chi connectivity index (χ0n) is 15.9. The van der Waals surface area contributed by atoms with E-state index in [2.05, 4.69) is 12.2 Å². The van der Waals surface area contributed by atoms with Gasteiger partial charge in [-0.15, -0.1) is 0 Å². The monoisotopic (exact) mass is 372 g/mol. The highest BCUT2D eigenvalue weighted by molar-refractivity contribution is 5.97. The number of piperidine rings is 1. The number of hydrogen-bond donors (Lipinski definition) is 2. The summed E-state index contributed by atoms with van der Waals surface area (Å²) in [6.07, 6.45) is 4.87. The summed E-state index contributed by atoms with van der Waals surface area (Å²) in [4.78, 5) is 38.3. The van der Waals surface area contributed by atoms with Gasteiger partial charge in [-0.1, -0.05) is 19.8 Å². The van der Waals surface area contributed by atoms with Gasteiger partial charge in [-0.3, -0.25) is 14.4 Å². The number of carbonyl (C=O) groups excluding carboxylic acids is 2. The van der Waals surface area contributed by atoms with Gasteiger partial charge in [0, 0.05) is 30.8 Å². The molecule has 1 aliphatic heterocycles. The van der Waals surface area contributed by atoms with Crippen LogP contribution in [0.2, 0.25) is 0 Å². The van der Waals surface area contributed by atoms with Gasteiger partial charge in [-0.05, 0) is 55.9 Å². The zero-order chi connectivity index (χ0) is 19.4. The van der Waals surface area contributed by atoms with E-state index in [1.807, 2.05) is 4.90 Å². The van der Waals surface area contributed by atoms with E-state index in [1.165, 1.54) is 0 Å². The van der Waals surface area contributed by atoms with Crippen molar-refractivity contribution in [2.75, 3.05) is 18.4 Å². The van der Waals surface area contributed by atoms with Crippen LogP contribution in [0.1, 0.15) is 62.2 Å². The lowest BCUT2D eigenvalue weighted by Crippen LogP contribution is -2.37. The van der Waals surface area contributed by atoms with Crippen molar-refractivity contribution in [2.45, 2.75) is 51.9 Å². The number of hydrogen-bond acceptors (Lipinski definition) is 3. The third-order valence-corrected chi connectivity index (χ3v) is 6.00. The summed E-state index contributed by atoms with van der Waals surface area (Å²) in [6.45, 7) is 3.78. The Kier molecular flexibility index (Phi) is 5.82. The molecule has 2 aliphatic rings. The second kappa shape index (κ2) is 8.11. The Bertz CT molecular complexity index is 699. The van der Waals surface area contributed by atoms with Crippen LogP contribution in [0.4, 0.5) is 5.69 Å². The van der Waals surface area contributed by atoms with Crippen molar-refractivity contribution < 1.29 is 19.5 Å². The minimum absolute atomic E-state index is 0.00498. The Morgan fingerprint density at radius 2 is 1.70 bits per heavy atom. The number of carboxylic acid groups (broad SMARTS) is 1. The number of aliphatic carboxylic acids is 1. The topological polar surface area (TPSA) is 86.7 Å². The molecule has 6 nitrogen and oxygen atoms in total. The van der Waals surface area contributed by atoms with Gasteiger partial charge in [0.15, 0.2) is 0 Å². The molecule has 1 saturated heterocycles. The fourth-order valence-corrected chi connectivity index (χ4v) is 4.12. The molecule has 2 N–H and O–H groups in total. The van der Waals surface area contributed by atoms with Crippen molar-refractivity contribution in [2.24, 2.45) is 11.3 Å². The standard InChI is InChI=1S/C21H28N2O4/c1-15-8-12-23(13-9-15)19(25)16-4-6-17(7-5-16)22-18(24)14-21(20(26)27)10-2-3-11-21/h4-7,15H,2-3,8-14H2,1H3,(H,22,24)(H,26,27). The molecule has 2 fully saturated rings. The number of benzene rings is 1. The van der Waals surface area contributed by atoms with Crippen molar-refractivity contribution >= 4 is 23.5 Å². The van der Waals surface area contributed by atoms with Gasteiger partial charge in [0.05, 0.1) is 5.41 Å². The molecule has 0 atom stereocenters. The van der Waals surface area contributed by atoms with Crippen molar-refractivity contribution in [3.63, 3.8) is 0 Å². The van der Waals surface area contributed by atoms with Crippen molar-refractivity contribution in [3.05, 3.63) is 29.8 Å². The highest BCUT2D eigenvalue weighted by Crippen LogP contribution is 2.41. The zero-order valence-corrected chi connectivity index (χ0v) is 15.9. The molecule has 3 rings (SSSR count). The predicted molar refractivity (Wildman–Crippen MR) is 103 cm³/mol. The van der Waals surface area contributed by atoms with Crippen molar-refractivity contribution in [3.8, 4) is 0 Å². The SMILES string of the molecule is CC1CCN(C(=O)c2ccc(NC(=O)CC3(C(=O)O)CCCC3)cc2)CC1. The Balaban J connectivity index is 1.58. The van der Waals surface area contributed by atoms with Gasteiger partial charge in [-0.2, -0.15) is 0 Å². The largest absolute Gasteiger partial charge is 0.481 e. The minimum atomic E-state index is -0.925. The molecule has 1 saturated carbocycles. The number of carbonyl (C=O) groups is 3. The smallest absolute Gasteiger partial charge is 0.310 e. The predicted octanol–water partition coefficient (Wildman–Crippen LogP) is 3.53. The summed E-state index contributed by atoms with van der Waals surface area (Å²) < 4.78 is 0. The van der Waals surface area contributed by atoms with Crippen LogP contribution < -0.4 is 5.32 Å². The first-order valence-corrected chi connectivity index (χ1v) is 9.82. The van der Waals surface area contributed by atoms with Crippen LogP contribution in [0.3, 0.4) is 0 Å². The molecule has 1 aliphatic carbocycles. The molecule has 0 bridgehead atoms. The van der Waals surface area contributed by atoms with Crippen molar-refractivity contribution in [1.82, 2.24) is 4.90 Å². The van der Waals surface area contributed by atoms with Crippen LogP contribution in [0.15, 0.2) is 24.3 Å². The molecule has 0 radical (unpaired) electrons. The highest BCUT2D eigenvalue weighted by Gasteiger charge is 2.42. The lowest BCUT2D eigenvalue weighted by atomic mass is 9.82. The Morgan fingerprint density at radius 3 is 2.26 bits per heavy atom. The first-order valence-electron chi connectivity index (χ1n) is 9.82. The summed E-state index contributed by atoms with van der Waals surface area (Å²) in [6, 6.07) is 6.86. The fourth-order valence-electron chi connectivity index (χ4n) is 4.12. The maximum absolute atomic E-state index is 12.6. The van der Waals surface area contributed by atoms with Crippen molar-refractivity contribution in [1.29, 1.82) is 0 Å². The Hall–Kier alpha value is -2.37. The number of rotatable bonds is 5. The van der Waals surface area contributed by atoms with Gasteiger partial charge in [0.1, 0.15) is 0 Å². The molecule has 27 heavy (non-hydrogen) atoms. The Labute approximate surface area is 159 Å². The minimum Gasteiger partial charge on any atom is -0.481 e. The second-order valence-electron chi connectivity index (χ2n) is 8.07. The first kappa shape index (κ1) is 19.4. The van der Waals surface area contributed by atoms with Crippen LogP contribution in [-0.2, 0) is 9.59 Å². The van der Waals surface area contributed by atoms with Crippen LogP contribution in [0.5, 0.6) is 0 Å². The van der Waals surface area contributed by atoms with E-state index in [0.29, 0.717) is 30.0 Å². The van der Waals surface area contributed by atoms with Gasteiger partial charge in [0.2, 0.25) is 5.91 Å². The second-order valence-corrected chi connectivity index (χ2v) is 8.07. The van der Waals surface area contributed by atoms with Gasteiger partial charge >= 0.3 is 5.97 Å². The number of amides is 2. The number of likely N-dealkylation sites (tertiary alicyclic amines) is 1. The Morgan fingerprint density at radius 1 is 1.11 bits per heavy atom. The number of nitrogens with zero attached hydrogens (tertiary/aromatic N) is 1. The number of anilines is 1. The first-order chi connectivity index (χ1) is 12.9. The van der Waals surface area contributed by atoms with E-state index >= 15 is 0 Å². The molecule has 0 spiro atoms. The summed E-state index contributed by atoms with van der Waals surface area (Å²) >= 11 is 0. The summed E-state index contributed by atoms with van der Waals surface area (Å²) in [5.74, 6) is -0.480. The lowest BCUT2D eigenvalue weighted by Gasteiger charge is -2.30. The maximum atomic E-state index is 12.6. The average Bonchev–Trinajstić information content (AvgIpc) is 3.12. The molecule has 0 unspecified atom stereocenters. The maximum Gasteiger partial charge on any atom is 0.310 e. The third kappa shape index (κ3) is 4.49. The summed E-state index contributed by atoms with van der Waals surface area (Å²) in [7, 11) is 0. The highest BCUT2D eigenvalue weighted by atomic mass is 16.4. The van der Waals surface area contributed by atoms with Gasteiger partial charge in [-0.25, -0.2) is 0 Å². The fraction of sp³-hybridized carbons (Fsp3) is 0.571. The van der Waals surface area contributed by atoms with Crippen LogP contribution in [0.25, 0.3) is 0 Å². The molecule has 2 amide bonds. The van der Waals surface area contributed by atoms with Gasteiger partial charge in [0.25, 0.3) is 5.91 Å². The molecule has 1 heterocycles. The molecule has 146 valence electrons. The molecule has 1 aromatic carbocycles. The number of carboxylic acids is 1. The van der Waals surface area contributed by atoms with E-state index in [9.17, 15) is 19.5 Å².